The lowest BCUT2D eigenvalue weighted by atomic mass is 10.1. The zero-order valence-electron chi connectivity index (χ0n) is 12.0. The third-order valence-electron chi connectivity index (χ3n) is 3.89. The Hall–Kier alpha value is -0.0900. The molecule has 0 aliphatic carbocycles. The zero-order valence-corrected chi connectivity index (χ0v) is 15.1. The molecule has 0 radical (unpaired) electrons. The first-order valence-electron chi connectivity index (χ1n) is 7.00. The van der Waals surface area contributed by atoms with Crippen LogP contribution >= 0.6 is 24.0 Å². The van der Waals surface area contributed by atoms with Crippen molar-refractivity contribution in [3.05, 3.63) is 0 Å². The molecule has 2 fully saturated rings. The molecular formula is C12H25IN4O2S. The molecule has 2 aliphatic rings. The highest BCUT2D eigenvalue weighted by atomic mass is 127. The van der Waals surface area contributed by atoms with Gasteiger partial charge >= 0.3 is 0 Å². The molecule has 6 nitrogen and oxygen atoms in total. The van der Waals surface area contributed by atoms with Crippen LogP contribution in [0, 0.1) is 0 Å². The molecule has 2 aliphatic heterocycles. The molecule has 0 bridgehead atoms. The second kappa shape index (κ2) is 7.79. The number of nitrogens with zero attached hydrogens (tertiary/aromatic N) is 3. The maximum absolute atomic E-state index is 11.6. The molecule has 0 unspecified atom stereocenters. The van der Waals surface area contributed by atoms with Crippen molar-refractivity contribution in [3.8, 4) is 0 Å². The summed E-state index contributed by atoms with van der Waals surface area (Å²) in [5.74, 6) is 0.569. The van der Waals surface area contributed by atoms with Gasteiger partial charge in [0, 0.05) is 25.7 Å². The van der Waals surface area contributed by atoms with Crippen molar-refractivity contribution in [3.63, 3.8) is 0 Å². The van der Waals surface area contributed by atoms with E-state index in [4.69, 9.17) is 5.73 Å². The first kappa shape index (κ1) is 18.0. The highest BCUT2D eigenvalue weighted by molar-refractivity contribution is 14.0. The van der Waals surface area contributed by atoms with Crippen LogP contribution in [0.3, 0.4) is 0 Å². The van der Waals surface area contributed by atoms with Crippen LogP contribution in [0.5, 0.6) is 0 Å². The number of aliphatic imine (C=N–C) groups is 1. The number of sulfonamides is 1. The van der Waals surface area contributed by atoms with E-state index in [1.54, 1.807) is 4.31 Å². The molecule has 2 heterocycles. The summed E-state index contributed by atoms with van der Waals surface area (Å²) in [6.45, 7) is 3.03. The summed E-state index contributed by atoms with van der Waals surface area (Å²) in [6, 6.07) is -0.0154. The van der Waals surface area contributed by atoms with Crippen LogP contribution in [0.4, 0.5) is 0 Å². The summed E-state index contributed by atoms with van der Waals surface area (Å²) < 4.78 is 24.8. The van der Waals surface area contributed by atoms with Crippen LogP contribution in [0.25, 0.3) is 0 Å². The van der Waals surface area contributed by atoms with E-state index >= 15 is 0 Å². The summed E-state index contributed by atoms with van der Waals surface area (Å²) >= 11 is 0. The van der Waals surface area contributed by atoms with E-state index in [9.17, 15) is 8.42 Å². The van der Waals surface area contributed by atoms with Gasteiger partial charge in [-0.15, -0.1) is 24.0 Å². The van der Waals surface area contributed by atoms with Gasteiger partial charge in [-0.3, -0.25) is 4.99 Å². The molecule has 0 aromatic rings. The minimum atomic E-state index is -3.11. The van der Waals surface area contributed by atoms with Crippen LogP contribution in [0.2, 0.25) is 0 Å². The average molecular weight is 416 g/mol. The number of hydrogen-bond acceptors (Lipinski definition) is 3. The van der Waals surface area contributed by atoms with Crippen molar-refractivity contribution in [1.29, 1.82) is 0 Å². The molecule has 0 aromatic carbocycles. The number of piperidine rings is 1. The van der Waals surface area contributed by atoms with Gasteiger partial charge in [-0.2, -0.15) is 4.31 Å². The van der Waals surface area contributed by atoms with Gasteiger partial charge in [0.05, 0.1) is 12.8 Å². The van der Waals surface area contributed by atoms with Crippen molar-refractivity contribution in [2.24, 2.45) is 10.7 Å². The second-order valence-electron chi connectivity index (χ2n) is 5.42. The number of guanidine groups is 1. The first-order chi connectivity index (χ1) is 8.98. The Labute approximate surface area is 138 Å². The van der Waals surface area contributed by atoms with Crippen molar-refractivity contribution in [2.75, 3.05) is 32.4 Å². The van der Waals surface area contributed by atoms with Gasteiger partial charge in [-0.05, 0) is 32.1 Å². The van der Waals surface area contributed by atoms with Crippen LogP contribution < -0.4 is 5.73 Å². The number of halogens is 1. The van der Waals surface area contributed by atoms with Gasteiger partial charge in [0.2, 0.25) is 10.0 Å². The molecule has 0 aromatic heterocycles. The first-order valence-corrected chi connectivity index (χ1v) is 8.85. The monoisotopic (exact) mass is 416 g/mol. The Morgan fingerprint density at radius 2 is 1.85 bits per heavy atom. The highest BCUT2D eigenvalue weighted by Crippen LogP contribution is 2.20. The molecule has 20 heavy (non-hydrogen) atoms. The molecule has 2 N–H and O–H groups in total. The Kier molecular flexibility index (Phi) is 6.99. The molecule has 1 atom stereocenters. The molecule has 118 valence electrons. The van der Waals surface area contributed by atoms with E-state index in [0.717, 1.165) is 38.8 Å². The standard InChI is InChI=1S/C12H24N4O2S.HI/c1-19(17,18)16-9-5-6-11(16)10-14-12(13)15-7-3-2-4-8-15;/h11H,2-10H2,1H3,(H2,13,14);1H/t11-;/m1./s1. The van der Waals surface area contributed by atoms with Crippen LogP contribution in [0.15, 0.2) is 4.99 Å². The van der Waals surface area contributed by atoms with E-state index in [1.807, 2.05) is 0 Å². The molecule has 8 heteroatoms. The maximum atomic E-state index is 11.6. The van der Waals surface area contributed by atoms with E-state index in [0.29, 0.717) is 19.0 Å². The molecule has 2 rings (SSSR count). The van der Waals surface area contributed by atoms with Crippen molar-refractivity contribution in [1.82, 2.24) is 9.21 Å². The predicted octanol–water partition coefficient (Wildman–Crippen LogP) is 0.829. The number of hydrogen-bond donors (Lipinski definition) is 1. The van der Waals surface area contributed by atoms with Crippen molar-refractivity contribution < 1.29 is 8.42 Å². The lowest BCUT2D eigenvalue weighted by Crippen LogP contribution is -2.42. The van der Waals surface area contributed by atoms with E-state index in [2.05, 4.69) is 9.89 Å². The third-order valence-corrected chi connectivity index (χ3v) is 5.23. The summed E-state index contributed by atoms with van der Waals surface area (Å²) in [4.78, 5) is 6.51. The third kappa shape index (κ3) is 4.73. The van der Waals surface area contributed by atoms with Crippen molar-refractivity contribution in [2.45, 2.75) is 38.1 Å². The van der Waals surface area contributed by atoms with Crippen LogP contribution in [-0.2, 0) is 10.0 Å². The fourth-order valence-electron chi connectivity index (χ4n) is 2.85. The molecule has 0 spiro atoms. The molecular weight excluding hydrogens is 391 g/mol. The average Bonchev–Trinajstić information content (AvgIpc) is 2.85. The molecule has 0 amide bonds. The Morgan fingerprint density at radius 3 is 2.45 bits per heavy atom. The lowest BCUT2D eigenvalue weighted by Gasteiger charge is -2.28. The van der Waals surface area contributed by atoms with Gasteiger partial charge in [0.1, 0.15) is 0 Å². The Morgan fingerprint density at radius 1 is 1.20 bits per heavy atom. The fraction of sp³-hybridized carbons (Fsp3) is 0.917. The number of likely N-dealkylation sites (tertiary alicyclic amines) is 1. The van der Waals surface area contributed by atoms with Gasteiger partial charge < -0.3 is 10.6 Å². The summed E-state index contributed by atoms with van der Waals surface area (Å²) in [5.41, 5.74) is 5.99. The van der Waals surface area contributed by atoms with Crippen molar-refractivity contribution >= 4 is 40.0 Å². The summed E-state index contributed by atoms with van der Waals surface area (Å²) in [7, 11) is -3.11. The summed E-state index contributed by atoms with van der Waals surface area (Å²) in [6.07, 6.45) is 6.64. The number of rotatable bonds is 3. The Bertz CT molecular complexity index is 435. The largest absolute Gasteiger partial charge is 0.370 e. The topological polar surface area (TPSA) is 79.0 Å². The van der Waals surface area contributed by atoms with E-state index in [-0.39, 0.29) is 30.0 Å². The van der Waals surface area contributed by atoms with E-state index in [1.165, 1.54) is 12.7 Å². The summed E-state index contributed by atoms with van der Waals surface area (Å²) in [5, 5.41) is 0. The fourth-order valence-corrected chi connectivity index (χ4v) is 4.02. The van der Waals surface area contributed by atoms with Gasteiger partial charge in [0.15, 0.2) is 5.96 Å². The minimum Gasteiger partial charge on any atom is -0.370 e. The molecule has 0 saturated carbocycles. The minimum absolute atomic E-state index is 0. The van der Waals surface area contributed by atoms with E-state index < -0.39 is 10.0 Å². The quantitative estimate of drug-likeness (QED) is 0.420. The molecule has 2 saturated heterocycles. The smallest absolute Gasteiger partial charge is 0.211 e. The normalized spacial score (nSPS) is 25.6. The predicted molar refractivity (Wildman–Crippen MR) is 91.9 cm³/mol. The maximum Gasteiger partial charge on any atom is 0.211 e. The highest BCUT2D eigenvalue weighted by Gasteiger charge is 2.31. The SMILES string of the molecule is CS(=O)(=O)N1CCC[C@@H]1CN=C(N)N1CCCCC1.I. The van der Waals surface area contributed by atoms with Gasteiger partial charge in [-0.25, -0.2) is 8.42 Å². The van der Waals surface area contributed by atoms with Gasteiger partial charge in [0.25, 0.3) is 0 Å². The number of nitrogens with two attached hydrogens (primary N) is 1. The van der Waals surface area contributed by atoms with Crippen LogP contribution in [0.1, 0.15) is 32.1 Å². The second-order valence-corrected chi connectivity index (χ2v) is 7.35. The van der Waals surface area contributed by atoms with Crippen LogP contribution in [-0.4, -0.2) is 62.1 Å². The Balaban J connectivity index is 0.00000200. The lowest BCUT2D eigenvalue weighted by molar-refractivity contribution is 0.335. The van der Waals surface area contributed by atoms with Gasteiger partial charge in [-0.1, -0.05) is 0 Å². The zero-order chi connectivity index (χ0) is 13.9.